The summed E-state index contributed by atoms with van der Waals surface area (Å²) in [6.07, 6.45) is 4.65. The van der Waals surface area contributed by atoms with Crippen molar-refractivity contribution in [3.8, 4) is 0 Å². The molecule has 0 aliphatic heterocycles. The zero-order chi connectivity index (χ0) is 16.1. The molecule has 2 aromatic rings. The summed E-state index contributed by atoms with van der Waals surface area (Å²) < 4.78 is 0. The van der Waals surface area contributed by atoms with Crippen molar-refractivity contribution in [2.24, 2.45) is 5.73 Å². The molecule has 0 atom stereocenters. The Bertz CT molecular complexity index is 540. The molecule has 2 heteroatoms. The fraction of sp³-hybridized carbons (Fsp3) is 0.429. The molecule has 0 saturated heterocycles. The Balaban J connectivity index is 1.73. The van der Waals surface area contributed by atoms with Crippen LogP contribution in [0.3, 0.4) is 0 Å². The van der Waals surface area contributed by atoms with Crippen LogP contribution in [0.2, 0.25) is 0 Å². The Morgan fingerprint density at radius 1 is 0.870 bits per heavy atom. The number of rotatable bonds is 5. The molecule has 0 amide bonds. The number of hydrogen-bond acceptors (Lipinski definition) is 2. The van der Waals surface area contributed by atoms with Gasteiger partial charge in [0, 0.05) is 24.7 Å². The van der Waals surface area contributed by atoms with Gasteiger partial charge in [0.05, 0.1) is 0 Å². The zero-order valence-corrected chi connectivity index (χ0v) is 14.1. The molecule has 23 heavy (non-hydrogen) atoms. The Morgan fingerprint density at radius 2 is 1.30 bits per heavy atom. The lowest BCUT2D eigenvalue weighted by atomic mass is 9.81. The van der Waals surface area contributed by atoms with E-state index in [4.69, 9.17) is 5.73 Å². The van der Waals surface area contributed by atoms with Crippen molar-refractivity contribution in [3.63, 3.8) is 0 Å². The maximum Gasteiger partial charge on any atom is 0.0240 e. The second kappa shape index (κ2) is 7.29. The topological polar surface area (TPSA) is 29.3 Å². The lowest BCUT2D eigenvalue weighted by Crippen LogP contribution is -2.46. The standard InChI is InChI=1S/C21H28N2/c1-21(22)14-12-20(13-15-21)23(16-18-8-4-2-5-9-18)17-19-10-6-3-7-11-19/h2-11,20H,12-17,22H2,1H3. The average Bonchev–Trinajstić information content (AvgIpc) is 2.56. The van der Waals surface area contributed by atoms with Gasteiger partial charge in [-0.2, -0.15) is 0 Å². The predicted molar refractivity (Wildman–Crippen MR) is 97.0 cm³/mol. The van der Waals surface area contributed by atoms with Gasteiger partial charge in [-0.3, -0.25) is 4.90 Å². The van der Waals surface area contributed by atoms with Gasteiger partial charge in [-0.05, 0) is 43.7 Å². The van der Waals surface area contributed by atoms with E-state index in [1.165, 1.54) is 24.0 Å². The van der Waals surface area contributed by atoms with Gasteiger partial charge < -0.3 is 5.73 Å². The summed E-state index contributed by atoms with van der Waals surface area (Å²) >= 11 is 0. The number of benzene rings is 2. The van der Waals surface area contributed by atoms with Gasteiger partial charge in [0.1, 0.15) is 0 Å². The minimum Gasteiger partial charge on any atom is -0.325 e. The van der Waals surface area contributed by atoms with Gasteiger partial charge >= 0.3 is 0 Å². The van der Waals surface area contributed by atoms with E-state index in [2.05, 4.69) is 72.5 Å². The highest BCUT2D eigenvalue weighted by molar-refractivity contribution is 5.17. The van der Waals surface area contributed by atoms with Crippen molar-refractivity contribution in [1.29, 1.82) is 0 Å². The molecule has 1 fully saturated rings. The molecule has 2 nitrogen and oxygen atoms in total. The highest BCUT2D eigenvalue weighted by Gasteiger charge is 2.30. The lowest BCUT2D eigenvalue weighted by molar-refractivity contribution is 0.116. The molecule has 0 spiro atoms. The van der Waals surface area contributed by atoms with Gasteiger partial charge in [0.2, 0.25) is 0 Å². The molecule has 3 rings (SSSR count). The largest absolute Gasteiger partial charge is 0.325 e. The monoisotopic (exact) mass is 308 g/mol. The smallest absolute Gasteiger partial charge is 0.0240 e. The summed E-state index contributed by atoms with van der Waals surface area (Å²) in [6.45, 7) is 4.23. The van der Waals surface area contributed by atoms with E-state index in [0.717, 1.165) is 25.9 Å². The molecule has 1 aliphatic rings. The van der Waals surface area contributed by atoms with Crippen molar-refractivity contribution in [1.82, 2.24) is 4.90 Å². The fourth-order valence-corrected chi connectivity index (χ4v) is 3.58. The first-order valence-electron chi connectivity index (χ1n) is 8.73. The van der Waals surface area contributed by atoms with Crippen LogP contribution in [0.1, 0.15) is 43.7 Å². The second-order valence-electron chi connectivity index (χ2n) is 7.26. The number of nitrogens with zero attached hydrogens (tertiary/aromatic N) is 1. The van der Waals surface area contributed by atoms with Gasteiger partial charge in [0.15, 0.2) is 0 Å². The van der Waals surface area contributed by atoms with E-state index in [1.54, 1.807) is 0 Å². The van der Waals surface area contributed by atoms with Crippen LogP contribution in [0.4, 0.5) is 0 Å². The molecule has 0 radical (unpaired) electrons. The molecule has 1 saturated carbocycles. The summed E-state index contributed by atoms with van der Waals surface area (Å²) in [4.78, 5) is 2.64. The van der Waals surface area contributed by atoms with Crippen molar-refractivity contribution in [2.45, 2.75) is 57.3 Å². The maximum atomic E-state index is 6.33. The highest BCUT2D eigenvalue weighted by Crippen LogP contribution is 2.30. The third-order valence-corrected chi connectivity index (χ3v) is 5.07. The van der Waals surface area contributed by atoms with Gasteiger partial charge in [-0.15, -0.1) is 0 Å². The van der Waals surface area contributed by atoms with Gasteiger partial charge in [-0.25, -0.2) is 0 Å². The summed E-state index contributed by atoms with van der Waals surface area (Å²) in [6, 6.07) is 22.3. The van der Waals surface area contributed by atoms with Crippen molar-refractivity contribution in [2.75, 3.05) is 0 Å². The average molecular weight is 308 g/mol. The quantitative estimate of drug-likeness (QED) is 0.890. The van der Waals surface area contributed by atoms with Crippen LogP contribution in [0.15, 0.2) is 60.7 Å². The van der Waals surface area contributed by atoms with E-state index < -0.39 is 0 Å². The fourth-order valence-electron chi connectivity index (χ4n) is 3.58. The predicted octanol–water partition coefficient (Wildman–Crippen LogP) is 4.35. The van der Waals surface area contributed by atoms with Crippen LogP contribution in [-0.2, 0) is 13.1 Å². The third kappa shape index (κ3) is 4.66. The van der Waals surface area contributed by atoms with E-state index in [1.807, 2.05) is 0 Å². The molecular formula is C21H28N2. The Morgan fingerprint density at radius 3 is 1.74 bits per heavy atom. The Hall–Kier alpha value is -1.64. The van der Waals surface area contributed by atoms with E-state index in [9.17, 15) is 0 Å². The summed E-state index contributed by atoms with van der Waals surface area (Å²) in [5.41, 5.74) is 9.14. The summed E-state index contributed by atoms with van der Waals surface area (Å²) in [5.74, 6) is 0. The maximum absolute atomic E-state index is 6.33. The third-order valence-electron chi connectivity index (χ3n) is 5.07. The molecular weight excluding hydrogens is 280 g/mol. The van der Waals surface area contributed by atoms with Crippen LogP contribution < -0.4 is 5.73 Å². The Kier molecular flexibility index (Phi) is 5.14. The van der Waals surface area contributed by atoms with E-state index in [0.29, 0.717) is 6.04 Å². The highest BCUT2D eigenvalue weighted by atomic mass is 15.2. The zero-order valence-electron chi connectivity index (χ0n) is 14.1. The van der Waals surface area contributed by atoms with E-state index in [-0.39, 0.29) is 5.54 Å². The minimum absolute atomic E-state index is 0.0294. The van der Waals surface area contributed by atoms with Gasteiger partial charge in [0.25, 0.3) is 0 Å². The SMILES string of the molecule is CC1(N)CCC(N(Cc2ccccc2)Cc2ccccc2)CC1. The molecule has 0 heterocycles. The van der Waals surface area contributed by atoms with Crippen LogP contribution in [0, 0.1) is 0 Å². The second-order valence-corrected chi connectivity index (χ2v) is 7.26. The van der Waals surface area contributed by atoms with Crippen LogP contribution in [0.5, 0.6) is 0 Å². The summed E-state index contributed by atoms with van der Waals surface area (Å²) in [5, 5.41) is 0. The van der Waals surface area contributed by atoms with E-state index >= 15 is 0 Å². The number of hydrogen-bond donors (Lipinski definition) is 1. The first-order chi connectivity index (χ1) is 11.1. The first-order valence-corrected chi connectivity index (χ1v) is 8.73. The molecule has 2 N–H and O–H groups in total. The van der Waals surface area contributed by atoms with Crippen LogP contribution >= 0.6 is 0 Å². The molecule has 0 aromatic heterocycles. The van der Waals surface area contributed by atoms with Crippen molar-refractivity contribution in [3.05, 3.63) is 71.8 Å². The van der Waals surface area contributed by atoms with Crippen LogP contribution in [-0.4, -0.2) is 16.5 Å². The van der Waals surface area contributed by atoms with Crippen LogP contribution in [0.25, 0.3) is 0 Å². The van der Waals surface area contributed by atoms with Crippen molar-refractivity contribution < 1.29 is 0 Å². The number of nitrogens with two attached hydrogens (primary N) is 1. The first kappa shape index (κ1) is 16.2. The minimum atomic E-state index is 0.0294. The molecule has 0 bridgehead atoms. The normalized spacial score (nSPS) is 24.7. The molecule has 122 valence electrons. The summed E-state index contributed by atoms with van der Waals surface area (Å²) in [7, 11) is 0. The van der Waals surface area contributed by atoms with Crippen molar-refractivity contribution >= 4 is 0 Å². The van der Waals surface area contributed by atoms with Gasteiger partial charge in [-0.1, -0.05) is 60.7 Å². The lowest BCUT2D eigenvalue weighted by Gasteiger charge is -2.40. The Labute approximate surface area is 140 Å². The molecule has 2 aromatic carbocycles. The molecule has 1 aliphatic carbocycles. The molecule has 0 unspecified atom stereocenters.